The Kier molecular flexibility index (Phi) is 8.33. The van der Waals surface area contributed by atoms with Crippen molar-refractivity contribution in [2.75, 3.05) is 7.11 Å². The van der Waals surface area contributed by atoms with Crippen LogP contribution in [0, 0.1) is 5.41 Å². The van der Waals surface area contributed by atoms with Crippen molar-refractivity contribution >= 4 is 11.9 Å². The number of rotatable bonds is 10. The summed E-state index contributed by atoms with van der Waals surface area (Å²) in [5.74, 6) is 1.07. The van der Waals surface area contributed by atoms with Gasteiger partial charge in [0.25, 0.3) is 0 Å². The molecule has 0 aliphatic carbocycles. The van der Waals surface area contributed by atoms with Crippen LogP contribution < -0.4 is 15.9 Å². The number of methoxy groups -OCH3 is 1. The lowest BCUT2D eigenvalue weighted by Crippen LogP contribution is -2.14. The topological polar surface area (TPSA) is 83.5 Å². The standard InChI is InChI=1S/C19H28N4O/c1-5-7-18(20)17(19(21)13-23-22-6-2)12-14(3)15-8-10-16(24-4)11-9-15/h6,8-11,13-14,20,22H,2,5,7,12,21H2,1,3-4H3/b19-17-,20-18?,23-13-. The van der Waals surface area contributed by atoms with E-state index in [0.717, 1.165) is 17.7 Å². The fraction of sp³-hybridized carbons (Fsp3) is 0.368. The molecule has 0 spiro atoms. The van der Waals surface area contributed by atoms with Gasteiger partial charge in [0, 0.05) is 11.9 Å². The van der Waals surface area contributed by atoms with Crippen LogP contribution in [-0.2, 0) is 0 Å². The van der Waals surface area contributed by atoms with Gasteiger partial charge in [-0.25, -0.2) is 0 Å². The summed E-state index contributed by atoms with van der Waals surface area (Å²) in [6, 6.07) is 8.00. The summed E-state index contributed by atoms with van der Waals surface area (Å²) in [6.45, 7) is 7.73. The quantitative estimate of drug-likeness (QED) is 0.449. The summed E-state index contributed by atoms with van der Waals surface area (Å²) in [6.07, 6.45) is 5.32. The van der Waals surface area contributed by atoms with Crippen LogP contribution in [0.25, 0.3) is 0 Å². The van der Waals surface area contributed by atoms with Crippen LogP contribution in [0.4, 0.5) is 0 Å². The zero-order valence-corrected chi connectivity index (χ0v) is 14.8. The van der Waals surface area contributed by atoms with Crippen LogP contribution in [0.5, 0.6) is 5.75 Å². The van der Waals surface area contributed by atoms with E-state index in [9.17, 15) is 0 Å². The first-order chi connectivity index (χ1) is 11.5. The molecule has 1 rings (SSSR count). The van der Waals surface area contributed by atoms with Gasteiger partial charge >= 0.3 is 0 Å². The number of hydrogen-bond acceptors (Lipinski definition) is 5. The summed E-state index contributed by atoms with van der Waals surface area (Å²) in [5, 5.41) is 12.3. The predicted octanol–water partition coefficient (Wildman–Crippen LogP) is 3.94. The Hall–Kier alpha value is -2.56. The summed E-state index contributed by atoms with van der Waals surface area (Å²) in [5.41, 5.74) is 11.9. The fourth-order valence-electron chi connectivity index (χ4n) is 2.41. The fourth-order valence-corrected chi connectivity index (χ4v) is 2.41. The van der Waals surface area contributed by atoms with Crippen molar-refractivity contribution in [1.82, 2.24) is 5.43 Å². The van der Waals surface area contributed by atoms with Crippen molar-refractivity contribution < 1.29 is 4.74 Å². The largest absolute Gasteiger partial charge is 0.497 e. The summed E-state index contributed by atoms with van der Waals surface area (Å²) < 4.78 is 5.20. The van der Waals surface area contributed by atoms with E-state index in [1.807, 2.05) is 24.3 Å². The van der Waals surface area contributed by atoms with Gasteiger partial charge in [-0.3, -0.25) is 5.43 Å². The van der Waals surface area contributed by atoms with Crippen LogP contribution in [0.1, 0.15) is 44.6 Å². The van der Waals surface area contributed by atoms with Crippen molar-refractivity contribution in [3.8, 4) is 5.75 Å². The van der Waals surface area contributed by atoms with Gasteiger partial charge in [-0.05, 0) is 42.0 Å². The molecule has 0 fully saturated rings. The second-order valence-corrected chi connectivity index (χ2v) is 5.63. The molecule has 0 aliphatic rings. The molecule has 1 aromatic rings. The second-order valence-electron chi connectivity index (χ2n) is 5.63. The van der Waals surface area contributed by atoms with E-state index in [2.05, 4.69) is 31.0 Å². The van der Waals surface area contributed by atoms with Crippen LogP contribution in [0.2, 0.25) is 0 Å². The molecule has 24 heavy (non-hydrogen) atoms. The highest BCUT2D eigenvalue weighted by Gasteiger charge is 2.15. The molecule has 0 aliphatic heterocycles. The molecule has 0 saturated heterocycles. The van der Waals surface area contributed by atoms with Gasteiger partial charge in [0.05, 0.1) is 19.0 Å². The third-order valence-corrected chi connectivity index (χ3v) is 3.78. The number of nitrogens with two attached hydrogens (primary N) is 1. The molecule has 0 aromatic heterocycles. The SMILES string of the molecule is C=CN/N=C\C(N)=C(/CC(C)c1ccc(OC)cc1)C(=N)CCC. The van der Waals surface area contributed by atoms with Gasteiger partial charge in [-0.2, -0.15) is 5.10 Å². The molecule has 5 nitrogen and oxygen atoms in total. The molecule has 4 N–H and O–H groups in total. The zero-order chi connectivity index (χ0) is 17.9. The maximum atomic E-state index is 8.32. The molecule has 0 heterocycles. The Morgan fingerprint density at radius 3 is 2.62 bits per heavy atom. The molecule has 0 radical (unpaired) electrons. The Labute approximate surface area is 144 Å². The van der Waals surface area contributed by atoms with Crippen LogP contribution in [0.15, 0.2) is 53.4 Å². The van der Waals surface area contributed by atoms with Gasteiger partial charge in [-0.15, -0.1) is 0 Å². The van der Waals surface area contributed by atoms with Crippen LogP contribution in [-0.4, -0.2) is 19.0 Å². The van der Waals surface area contributed by atoms with Gasteiger partial charge in [0.15, 0.2) is 0 Å². The Morgan fingerprint density at radius 1 is 1.42 bits per heavy atom. The molecular formula is C19H28N4O. The van der Waals surface area contributed by atoms with Crippen molar-refractivity contribution in [3.63, 3.8) is 0 Å². The molecule has 1 unspecified atom stereocenters. The van der Waals surface area contributed by atoms with Gasteiger partial charge in [-0.1, -0.05) is 39.0 Å². The first-order valence-electron chi connectivity index (χ1n) is 8.13. The monoisotopic (exact) mass is 328 g/mol. The summed E-state index contributed by atoms with van der Waals surface area (Å²) >= 11 is 0. The number of ether oxygens (including phenoxy) is 1. The number of hydrogen-bond donors (Lipinski definition) is 3. The molecule has 1 atom stereocenters. The normalized spacial score (nSPS) is 13.3. The minimum atomic E-state index is 0.238. The predicted molar refractivity (Wildman–Crippen MR) is 102 cm³/mol. The molecule has 0 amide bonds. The minimum absolute atomic E-state index is 0.238. The number of nitrogens with zero attached hydrogens (tertiary/aromatic N) is 1. The zero-order valence-electron chi connectivity index (χ0n) is 14.8. The van der Waals surface area contributed by atoms with Crippen LogP contribution in [0.3, 0.4) is 0 Å². The smallest absolute Gasteiger partial charge is 0.118 e. The van der Waals surface area contributed by atoms with Crippen molar-refractivity contribution in [3.05, 3.63) is 53.9 Å². The molecular weight excluding hydrogens is 300 g/mol. The van der Waals surface area contributed by atoms with E-state index in [0.29, 0.717) is 24.3 Å². The minimum Gasteiger partial charge on any atom is -0.497 e. The van der Waals surface area contributed by atoms with Gasteiger partial charge in [0.2, 0.25) is 0 Å². The molecule has 5 heteroatoms. The van der Waals surface area contributed by atoms with Crippen molar-refractivity contribution in [1.29, 1.82) is 5.41 Å². The summed E-state index contributed by atoms with van der Waals surface area (Å²) in [4.78, 5) is 0. The lowest BCUT2D eigenvalue weighted by Gasteiger charge is -2.17. The number of hydrazone groups is 1. The second kappa shape index (κ2) is 10.3. The maximum Gasteiger partial charge on any atom is 0.118 e. The van der Waals surface area contributed by atoms with E-state index in [-0.39, 0.29) is 5.92 Å². The van der Waals surface area contributed by atoms with E-state index in [1.165, 1.54) is 11.8 Å². The van der Waals surface area contributed by atoms with Crippen molar-refractivity contribution in [2.24, 2.45) is 10.8 Å². The molecule has 1 aromatic carbocycles. The first-order valence-corrected chi connectivity index (χ1v) is 8.13. The Morgan fingerprint density at radius 2 is 2.08 bits per heavy atom. The maximum absolute atomic E-state index is 8.32. The van der Waals surface area contributed by atoms with Gasteiger partial charge in [0.1, 0.15) is 5.75 Å². The molecule has 0 bridgehead atoms. The lowest BCUT2D eigenvalue weighted by atomic mass is 9.89. The highest BCUT2D eigenvalue weighted by Crippen LogP contribution is 2.26. The number of allylic oxidation sites excluding steroid dienone is 2. The Bertz CT molecular complexity index is 602. The molecule has 130 valence electrons. The van der Waals surface area contributed by atoms with Crippen molar-refractivity contribution in [2.45, 2.75) is 39.0 Å². The molecule has 0 saturated carbocycles. The summed E-state index contributed by atoms with van der Waals surface area (Å²) in [7, 11) is 1.66. The third kappa shape index (κ3) is 5.91. The van der Waals surface area contributed by atoms with Crippen LogP contribution >= 0.6 is 0 Å². The average molecular weight is 328 g/mol. The third-order valence-electron chi connectivity index (χ3n) is 3.78. The average Bonchev–Trinajstić information content (AvgIpc) is 2.59. The lowest BCUT2D eigenvalue weighted by molar-refractivity contribution is 0.414. The highest BCUT2D eigenvalue weighted by atomic mass is 16.5. The number of benzene rings is 1. The van der Waals surface area contributed by atoms with E-state index in [1.54, 1.807) is 13.3 Å². The highest BCUT2D eigenvalue weighted by molar-refractivity contribution is 6.02. The first kappa shape index (κ1) is 19.5. The Balaban J connectivity index is 2.99. The van der Waals surface area contributed by atoms with E-state index in [4.69, 9.17) is 15.9 Å². The van der Waals surface area contributed by atoms with Gasteiger partial charge < -0.3 is 15.9 Å². The number of nitrogens with one attached hydrogen (secondary N) is 2. The van der Waals surface area contributed by atoms with E-state index < -0.39 is 0 Å². The van der Waals surface area contributed by atoms with E-state index >= 15 is 0 Å².